The number of carbonyl (C=O) groups excluding carboxylic acids is 2. The summed E-state index contributed by atoms with van der Waals surface area (Å²) in [4.78, 5) is 29.2. The maximum absolute atomic E-state index is 12.1. The molecule has 2 rings (SSSR count). The molecule has 1 aromatic rings. The van der Waals surface area contributed by atoms with Gasteiger partial charge < -0.3 is 11.1 Å². The highest BCUT2D eigenvalue weighted by molar-refractivity contribution is 6.04. The van der Waals surface area contributed by atoms with E-state index in [1.54, 1.807) is 12.3 Å². The molecule has 6 nitrogen and oxygen atoms in total. The highest BCUT2D eigenvalue weighted by Crippen LogP contribution is 2.15. The fraction of sp³-hybridized carbons (Fsp3) is 0.462. The van der Waals surface area contributed by atoms with E-state index >= 15 is 0 Å². The molecule has 0 aliphatic carbocycles. The van der Waals surface area contributed by atoms with Crippen LogP contribution in [-0.2, 0) is 17.9 Å². The first-order valence-corrected chi connectivity index (χ1v) is 6.41. The van der Waals surface area contributed by atoms with E-state index in [-0.39, 0.29) is 24.5 Å². The van der Waals surface area contributed by atoms with E-state index < -0.39 is 0 Å². The zero-order valence-electron chi connectivity index (χ0n) is 10.9. The second kappa shape index (κ2) is 5.79. The van der Waals surface area contributed by atoms with Crippen molar-refractivity contribution in [3.05, 3.63) is 29.6 Å². The van der Waals surface area contributed by atoms with E-state index in [0.29, 0.717) is 13.0 Å². The number of amides is 3. The summed E-state index contributed by atoms with van der Waals surface area (Å²) in [6, 6.07) is 2.89. The number of nitrogens with one attached hydrogen (secondary N) is 1. The van der Waals surface area contributed by atoms with Gasteiger partial charge in [-0.15, -0.1) is 0 Å². The van der Waals surface area contributed by atoms with E-state index in [1.165, 1.54) is 4.90 Å². The standard InChI is InChI=1S/C13H18N4O2/c1-2-3-11-12(18)17(13(19)16-11)8-9-4-5-15-10(6-9)7-14/h4-6,11H,2-3,7-8,14H2,1H3,(H,16,19). The largest absolute Gasteiger partial charge is 0.326 e. The lowest BCUT2D eigenvalue weighted by Gasteiger charge is -2.13. The molecule has 0 radical (unpaired) electrons. The maximum atomic E-state index is 12.1. The average molecular weight is 262 g/mol. The molecular weight excluding hydrogens is 244 g/mol. The number of carbonyl (C=O) groups is 2. The molecule has 1 atom stereocenters. The lowest BCUT2D eigenvalue weighted by molar-refractivity contribution is -0.128. The second-order valence-electron chi connectivity index (χ2n) is 4.57. The van der Waals surface area contributed by atoms with Gasteiger partial charge in [0, 0.05) is 12.7 Å². The predicted octanol–water partition coefficient (Wildman–Crippen LogP) is 0.761. The molecule has 102 valence electrons. The van der Waals surface area contributed by atoms with Gasteiger partial charge in [-0.1, -0.05) is 13.3 Å². The monoisotopic (exact) mass is 262 g/mol. The Morgan fingerprint density at radius 1 is 1.47 bits per heavy atom. The van der Waals surface area contributed by atoms with Crippen molar-refractivity contribution < 1.29 is 9.59 Å². The quantitative estimate of drug-likeness (QED) is 0.767. The zero-order valence-corrected chi connectivity index (χ0v) is 10.9. The third kappa shape index (κ3) is 2.90. The minimum Gasteiger partial charge on any atom is -0.326 e. The summed E-state index contributed by atoms with van der Waals surface area (Å²) in [6.45, 7) is 2.59. The van der Waals surface area contributed by atoms with Gasteiger partial charge in [-0.25, -0.2) is 4.79 Å². The number of aromatic nitrogens is 1. The van der Waals surface area contributed by atoms with Crippen molar-refractivity contribution in [2.24, 2.45) is 5.73 Å². The fourth-order valence-electron chi connectivity index (χ4n) is 2.13. The van der Waals surface area contributed by atoms with Gasteiger partial charge in [0.25, 0.3) is 5.91 Å². The van der Waals surface area contributed by atoms with E-state index in [9.17, 15) is 9.59 Å². The molecule has 1 saturated heterocycles. The van der Waals surface area contributed by atoms with E-state index in [1.807, 2.05) is 13.0 Å². The van der Waals surface area contributed by atoms with Gasteiger partial charge in [-0.2, -0.15) is 0 Å². The minimum absolute atomic E-state index is 0.155. The van der Waals surface area contributed by atoms with Gasteiger partial charge in [0.15, 0.2) is 0 Å². The molecule has 1 fully saturated rings. The Morgan fingerprint density at radius 2 is 2.26 bits per heavy atom. The number of pyridine rings is 1. The predicted molar refractivity (Wildman–Crippen MR) is 69.9 cm³/mol. The molecule has 19 heavy (non-hydrogen) atoms. The molecular formula is C13H18N4O2. The number of rotatable bonds is 5. The number of imide groups is 1. The van der Waals surface area contributed by atoms with Crippen LogP contribution in [0.15, 0.2) is 18.3 Å². The van der Waals surface area contributed by atoms with Crippen LogP contribution in [0.1, 0.15) is 31.0 Å². The maximum Gasteiger partial charge on any atom is 0.325 e. The van der Waals surface area contributed by atoms with Crippen LogP contribution in [0.2, 0.25) is 0 Å². The first-order chi connectivity index (χ1) is 9.15. The zero-order chi connectivity index (χ0) is 13.8. The third-order valence-corrected chi connectivity index (χ3v) is 3.12. The van der Waals surface area contributed by atoms with Gasteiger partial charge in [-0.05, 0) is 24.1 Å². The summed E-state index contributed by atoms with van der Waals surface area (Å²) in [5.74, 6) is -0.155. The van der Waals surface area contributed by atoms with E-state index in [4.69, 9.17) is 5.73 Å². The summed E-state index contributed by atoms with van der Waals surface area (Å²) in [5.41, 5.74) is 7.12. The molecule has 6 heteroatoms. The molecule has 1 unspecified atom stereocenters. The highest BCUT2D eigenvalue weighted by Gasteiger charge is 2.36. The lowest BCUT2D eigenvalue weighted by atomic mass is 10.1. The molecule has 2 heterocycles. The molecule has 0 saturated carbocycles. The lowest BCUT2D eigenvalue weighted by Crippen LogP contribution is -2.31. The Kier molecular flexibility index (Phi) is 4.11. The minimum atomic E-state index is -0.381. The van der Waals surface area contributed by atoms with Crippen LogP contribution in [0.4, 0.5) is 4.79 Å². The van der Waals surface area contributed by atoms with Crippen LogP contribution < -0.4 is 11.1 Å². The van der Waals surface area contributed by atoms with Crippen molar-refractivity contribution in [2.45, 2.75) is 38.9 Å². The van der Waals surface area contributed by atoms with Crippen molar-refractivity contribution in [2.75, 3.05) is 0 Å². The van der Waals surface area contributed by atoms with Crippen molar-refractivity contribution in [1.29, 1.82) is 0 Å². The number of hydrogen-bond acceptors (Lipinski definition) is 4. The van der Waals surface area contributed by atoms with Gasteiger partial charge in [0.1, 0.15) is 6.04 Å². The van der Waals surface area contributed by atoms with Crippen LogP contribution in [-0.4, -0.2) is 27.9 Å². The first kappa shape index (κ1) is 13.5. The Balaban J connectivity index is 2.10. The molecule has 1 aromatic heterocycles. The number of hydrogen-bond donors (Lipinski definition) is 2. The van der Waals surface area contributed by atoms with E-state index in [0.717, 1.165) is 17.7 Å². The number of nitrogens with two attached hydrogens (primary N) is 1. The van der Waals surface area contributed by atoms with Crippen LogP contribution in [0.3, 0.4) is 0 Å². The normalized spacial score (nSPS) is 18.8. The third-order valence-electron chi connectivity index (χ3n) is 3.12. The topological polar surface area (TPSA) is 88.3 Å². The molecule has 0 bridgehead atoms. The molecule has 3 amide bonds. The summed E-state index contributed by atoms with van der Waals surface area (Å²) >= 11 is 0. The first-order valence-electron chi connectivity index (χ1n) is 6.41. The average Bonchev–Trinajstić information content (AvgIpc) is 2.67. The van der Waals surface area contributed by atoms with Gasteiger partial charge >= 0.3 is 6.03 Å². The van der Waals surface area contributed by atoms with Crippen molar-refractivity contribution in [1.82, 2.24) is 15.2 Å². The van der Waals surface area contributed by atoms with Gasteiger partial charge in [-0.3, -0.25) is 14.7 Å². The van der Waals surface area contributed by atoms with Gasteiger partial charge in [0.05, 0.1) is 12.2 Å². The molecule has 1 aliphatic heterocycles. The Labute approximate surface area is 112 Å². The summed E-state index contributed by atoms with van der Waals surface area (Å²) < 4.78 is 0. The van der Waals surface area contributed by atoms with E-state index in [2.05, 4.69) is 10.3 Å². The summed E-state index contributed by atoms with van der Waals surface area (Å²) in [7, 11) is 0. The van der Waals surface area contributed by atoms with Crippen LogP contribution >= 0.6 is 0 Å². The van der Waals surface area contributed by atoms with Crippen molar-refractivity contribution in [3.8, 4) is 0 Å². The van der Waals surface area contributed by atoms with Crippen molar-refractivity contribution in [3.63, 3.8) is 0 Å². The van der Waals surface area contributed by atoms with Crippen LogP contribution in [0.5, 0.6) is 0 Å². The Hall–Kier alpha value is -1.95. The van der Waals surface area contributed by atoms with Crippen LogP contribution in [0, 0.1) is 0 Å². The Morgan fingerprint density at radius 3 is 2.95 bits per heavy atom. The highest BCUT2D eigenvalue weighted by atomic mass is 16.2. The summed E-state index contributed by atoms with van der Waals surface area (Å²) in [6.07, 6.45) is 3.17. The molecule has 0 spiro atoms. The molecule has 3 N–H and O–H groups in total. The number of nitrogens with zero attached hydrogens (tertiary/aromatic N) is 2. The Bertz CT molecular complexity index is 489. The summed E-state index contributed by atoms with van der Waals surface area (Å²) in [5, 5.41) is 2.70. The van der Waals surface area contributed by atoms with Gasteiger partial charge in [0.2, 0.25) is 0 Å². The SMILES string of the molecule is CCCC1NC(=O)N(Cc2ccnc(CN)c2)C1=O. The molecule has 0 aromatic carbocycles. The fourth-order valence-corrected chi connectivity index (χ4v) is 2.13. The second-order valence-corrected chi connectivity index (χ2v) is 4.57. The number of urea groups is 1. The van der Waals surface area contributed by atoms with Crippen molar-refractivity contribution >= 4 is 11.9 Å². The van der Waals surface area contributed by atoms with Crippen LogP contribution in [0.25, 0.3) is 0 Å². The molecule has 1 aliphatic rings. The smallest absolute Gasteiger partial charge is 0.325 e.